The molecule has 0 radical (unpaired) electrons. The van der Waals surface area contributed by atoms with E-state index in [0.29, 0.717) is 22.3 Å². The van der Waals surface area contributed by atoms with Gasteiger partial charge in [-0.3, -0.25) is 9.59 Å². The summed E-state index contributed by atoms with van der Waals surface area (Å²) in [7, 11) is 1.56. The van der Waals surface area contributed by atoms with Gasteiger partial charge in [0, 0.05) is 31.5 Å². The van der Waals surface area contributed by atoms with Crippen molar-refractivity contribution in [3.8, 4) is 17.2 Å². The number of hydrogen-bond acceptors (Lipinski definition) is 7. The number of hydrogen-bond donors (Lipinski definition) is 3. The Morgan fingerprint density at radius 1 is 1.09 bits per heavy atom. The van der Waals surface area contributed by atoms with Crippen molar-refractivity contribution in [2.24, 2.45) is 5.73 Å². The van der Waals surface area contributed by atoms with Crippen LogP contribution in [0.3, 0.4) is 0 Å². The molecule has 1 aromatic heterocycles. The first kappa shape index (κ1) is 23.0. The van der Waals surface area contributed by atoms with Gasteiger partial charge in [0.1, 0.15) is 29.6 Å². The van der Waals surface area contributed by atoms with Crippen LogP contribution < -0.4 is 25.8 Å². The number of nitrogens with zero attached hydrogens (tertiary/aromatic N) is 2. The molecule has 0 saturated carbocycles. The van der Waals surface area contributed by atoms with Crippen molar-refractivity contribution >= 4 is 23.4 Å². The number of ether oxygens (including phenoxy) is 2. The third kappa shape index (κ3) is 6.16. The molecule has 0 spiro atoms. The normalized spacial score (nSPS) is 11.3. The lowest BCUT2D eigenvalue weighted by molar-refractivity contribution is -0.122. The molecule has 0 aliphatic carbocycles. The third-order valence-electron chi connectivity index (χ3n) is 4.44. The molecule has 4 N–H and O–H groups in total. The van der Waals surface area contributed by atoms with Crippen molar-refractivity contribution in [2.75, 3.05) is 13.7 Å². The number of methoxy groups -OCH3 is 1. The first-order valence-corrected chi connectivity index (χ1v) is 10.0. The summed E-state index contributed by atoms with van der Waals surface area (Å²) < 4.78 is 10.9. The molecule has 1 heterocycles. The molecule has 2 amide bonds. The van der Waals surface area contributed by atoms with Crippen LogP contribution in [0.4, 0.5) is 0 Å². The number of carbonyl (C=O) groups is 2. The highest BCUT2D eigenvalue weighted by atomic mass is 35.5. The number of aromatic nitrogens is 2. The fourth-order valence-electron chi connectivity index (χ4n) is 2.70. The predicted molar refractivity (Wildman–Crippen MR) is 119 cm³/mol. The van der Waals surface area contributed by atoms with E-state index in [-0.39, 0.29) is 18.7 Å². The Hall–Kier alpha value is -3.69. The van der Waals surface area contributed by atoms with E-state index in [0.717, 1.165) is 5.56 Å². The highest BCUT2D eigenvalue weighted by molar-refractivity contribution is 6.32. The van der Waals surface area contributed by atoms with Crippen LogP contribution >= 0.6 is 11.6 Å². The minimum absolute atomic E-state index is 0.0549. The SMILES string of the molecule is COc1ccc(Oc2ccc(CNC(=O)[C@@H](CN)NC(=O)c3cncnc3)cc2)c(Cl)c1. The van der Waals surface area contributed by atoms with Gasteiger partial charge in [-0.25, -0.2) is 9.97 Å². The van der Waals surface area contributed by atoms with Crippen LogP contribution in [-0.2, 0) is 11.3 Å². The summed E-state index contributed by atoms with van der Waals surface area (Å²) in [4.78, 5) is 32.2. The number of halogens is 1. The second-order valence-corrected chi connectivity index (χ2v) is 7.06. The van der Waals surface area contributed by atoms with E-state index < -0.39 is 17.9 Å². The smallest absolute Gasteiger partial charge is 0.255 e. The van der Waals surface area contributed by atoms with Gasteiger partial charge >= 0.3 is 0 Å². The molecular weight excluding hydrogens is 434 g/mol. The summed E-state index contributed by atoms with van der Waals surface area (Å²) in [6, 6.07) is 11.4. The Kier molecular flexibility index (Phi) is 7.96. The number of benzene rings is 2. The lowest BCUT2D eigenvalue weighted by atomic mass is 10.2. The highest BCUT2D eigenvalue weighted by Crippen LogP contribution is 2.32. The Morgan fingerprint density at radius 2 is 1.78 bits per heavy atom. The van der Waals surface area contributed by atoms with Gasteiger partial charge in [-0.15, -0.1) is 0 Å². The molecule has 0 saturated heterocycles. The molecule has 10 heteroatoms. The van der Waals surface area contributed by atoms with Crippen molar-refractivity contribution in [3.63, 3.8) is 0 Å². The topological polar surface area (TPSA) is 128 Å². The molecule has 9 nitrogen and oxygen atoms in total. The summed E-state index contributed by atoms with van der Waals surface area (Å²) >= 11 is 6.19. The maximum absolute atomic E-state index is 12.4. The molecule has 0 bridgehead atoms. The maximum atomic E-state index is 12.4. The molecule has 0 unspecified atom stereocenters. The van der Waals surface area contributed by atoms with Crippen molar-refractivity contribution in [3.05, 3.63) is 77.3 Å². The van der Waals surface area contributed by atoms with Crippen molar-refractivity contribution in [1.29, 1.82) is 0 Å². The molecule has 1 atom stereocenters. The van der Waals surface area contributed by atoms with Gasteiger partial charge in [0.2, 0.25) is 5.91 Å². The standard InChI is InChI=1S/C22H22ClN5O4/c1-31-17-6-7-20(18(23)8-17)32-16-4-2-14(3-5-16)10-27-22(30)19(9-24)28-21(29)15-11-25-13-26-12-15/h2-8,11-13,19H,9-10,24H2,1H3,(H,27,30)(H,28,29)/t19-/m1/s1. The molecule has 32 heavy (non-hydrogen) atoms. The summed E-state index contributed by atoms with van der Waals surface area (Å²) in [5.74, 6) is 0.846. The van der Waals surface area contributed by atoms with Crippen LogP contribution in [-0.4, -0.2) is 41.5 Å². The average Bonchev–Trinajstić information content (AvgIpc) is 2.83. The van der Waals surface area contributed by atoms with Crippen molar-refractivity contribution in [2.45, 2.75) is 12.6 Å². The zero-order valence-electron chi connectivity index (χ0n) is 17.2. The van der Waals surface area contributed by atoms with E-state index in [4.69, 9.17) is 26.8 Å². The molecule has 3 rings (SSSR count). The van der Waals surface area contributed by atoms with E-state index in [2.05, 4.69) is 20.6 Å². The van der Waals surface area contributed by atoms with E-state index in [1.165, 1.54) is 18.7 Å². The van der Waals surface area contributed by atoms with Gasteiger partial charge in [-0.1, -0.05) is 23.7 Å². The molecule has 166 valence electrons. The van der Waals surface area contributed by atoms with Crippen LogP contribution in [0.25, 0.3) is 0 Å². The zero-order valence-corrected chi connectivity index (χ0v) is 18.0. The zero-order chi connectivity index (χ0) is 22.9. The minimum atomic E-state index is -0.887. The number of nitrogens with two attached hydrogens (primary N) is 1. The van der Waals surface area contributed by atoms with E-state index in [1.807, 2.05) is 12.1 Å². The van der Waals surface area contributed by atoms with Crippen LogP contribution in [0.1, 0.15) is 15.9 Å². The van der Waals surface area contributed by atoms with Gasteiger partial charge in [-0.05, 0) is 29.8 Å². The number of nitrogens with one attached hydrogen (secondary N) is 2. The molecule has 2 aromatic carbocycles. The van der Waals surface area contributed by atoms with E-state index in [1.54, 1.807) is 37.4 Å². The Morgan fingerprint density at radius 3 is 2.41 bits per heavy atom. The Bertz CT molecular complexity index is 1060. The first-order valence-electron chi connectivity index (χ1n) is 9.64. The third-order valence-corrected chi connectivity index (χ3v) is 4.73. The minimum Gasteiger partial charge on any atom is -0.497 e. The maximum Gasteiger partial charge on any atom is 0.255 e. The summed E-state index contributed by atoms with van der Waals surface area (Å²) in [5.41, 5.74) is 6.73. The van der Waals surface area contributed by atoms with Gasteiger partial charge in [0.05, 0.1) is 17.7 Å². The quantitative estimate of drug-likeness (QED) is 0.451. The van der Waals surface area contributed by atoms with Gasteiger partial charge in [-0.2, -0.15) is 0 Å². The van der Waals surface area contributed by atoms with Gasteiger partial charge in [0.15, 0.2) is 0 Å². The fraction of sp³-hybridized carbons (Fsp3) is 0.182. The summed E-state index contributed by atoms with van der Waals surface area (Å²) in [6.45, 7) is 0.198. The number of carbonyl (C=O) groups excluding carboxylic acids is 2. The van der Waals surface area contributed by atoms with E-state index in [9.17, 15) is 9.59 Å². The lowest BCUT2D eigenvalue weighted by Gasteiger charge is -2.16. The fourth-order valence-corrected chi connectivity index (χ4v) is 2.90. The van der Waals surface area contributed by atoms with Crippen LogP contribution in [0.5, 0.6) is 17.2 Å². The lowest BCUT2D eigenvalue weighted by Crippen LogP contribution is -2.50. The highest BCUT2D eigenvalue weighted by Gasteiger charge is 2.20. The number of rotatable bonds is 9. The molecular formula is C22H22ClN5O4. The number of amides is 2. The molecule has 0 fully saturated rings. The molecule has 0 aliphatic heterocycles. The molecule has 3 aromatic rings. The van der Waals surface area contributed by atoms with E-state index >= 15 is 0 Å². The second kappa shape index (κ2) is 11.1. The van der Waals surface area contributed by atoms with Crippen molar-refractivity contribution < 1.29 is 19.1 Å². The molecule has 0 aliphatic rings. The predicted octanol–water partition coefficient (Wildman–Crippen LogP) is 2.30. The Labute approximate surface area is 189 Å². The largest absolute Gasteiger partial charge is 0.497 e. The van der Waals surface area contributed by atoms with Crippen molar-refractivity contribution in [1.82, 2.24) is 20.6 Å². The van der Waals surface area contributed by atoms with Gasteiger partial charge in [0.25, 0.3) is 5.91 Å². The summed E-state index contributed by atoms with van der Waals surface area (Å²) in [5, 5.41) is 5.76. The second-order valence-electron chi connectivity index (χ2n) is 6.65. The summed E-state index contributed by atoms with van der Waals surface area (Å²) in [6.07, 6.45) is 4.03. The first-order chi connectivity index (χ1) is 15.5. The van der Waals surface area contributed by atoms with Crippen LogP contribution in [0, 0.1) is 0 Å². The van der Waals surface area contributed by atoms with Crippen LogP contribution in [0.2, 0.25) is 5.02 Å². The van der Waals surface area contributed by atoms with Crippen LogP contribution in [0.15, 0.2) is 61.2 Å². The Balaban J connectivity index is 1.53. The van der Waals surface area contributed by atoms with Gasteiger partial charge < -0.3 is 25.8 Å². The monoisotopic (exact) mass is 455 g/mol. The average molecular weight is 456 g/mol.